The molecule has 1 amide bonds. The first-order valence-electron chi connectivity index (χ1n) is 5.93. The van der Waals surface area contributed by atoms with Crippen LogP contribution in [0, 0.1) is 0 Å². The van der Waals surface area contributed by atoms with Gasteiger partial charge in [-0.1, -0.05) is 18.2 Å². The van der Waals surface area contributed by atoms with Crippen molar-refractivity contribution in [2.24, 2.45) is 5.73 Å². The Labute approximate surface area is 118 Å². The zero-order chi connectivity index (χ0) is 16.0. The van der Waals surface area contributed by atoms with Gasteiger partial charge in [-0.3, -0.25) is 4.79 Å². The smallest absolute Gasteiger partial charge is 0.416 e. The maximum absolute atomic E-state index is 13.0. The third kappa shape index (κ3) is 5.33. The van der Waals surface area contributed by atoms with Gasteiger partial charge in [0.05, 0.1) is 11.5 Å². The molecule has 1 aromatic carbocycles. The highest BCUT2D eigenvalue weighted by atomic mass is 19.4. The zero-order valence-corrected chi connectivity index (χ0v) is 11.1. The molecule has 0 heterocycles. The van der Waals surface area contributed by atoms with E-state index in [9.17, 15) is 22.8 Å². The van der Waals surface area contributed by atoms with E-state index in [1.54, 1.807) is 0 Å². The Morgan fingerprint density at radius 3 is 2.29 bits per heavy atom. The standard InChI is InChI=1S/C13H14F3NO4/c1-8(18)20-6-9(7-21-12(17)19)10-4-2-3-5-11(10)13(14,15)16/h2-5,9H,6-7H2,1H3,(H2,17,19)/t9-/m0/s1. The Morgan fingerprint density at radius 2 is 1.76 bits per heavy atom. The van der Waals surface area contributed by atoms with Crippen LogP contribution in [-0.4, -0.2) is 25.3 Å². The van der Waals surface area contributed by atoms with Gasteiger partial charge in [-0.05, 0) is 11.6 Å². The van der Waals surface area contributed by atoms with Crippen LogP contribution in [0.15, 0.2) is 24.3 Å². The summed E-state index contributed by atoms with van der Waals surface area (Å²) >= 11 is 0. The lowest BCUT2D eigenvalue weighted by molar-refractivity contribution is -0.142. The lowest BCUT2D eigenvalue weighted by Gasteiger charge is -2.21. The lowest BCUT2D eigenvalue weighted by Crippen LogP contribution is -2.23. The highest BCUT2D eigenvalue weighted by molar-refractivity contribution is 5.66. The van der Waals surface area contributed by atoms with E-state index in [1.807, 2.05) is 0 Å². The molecule has 0 saturated carbocycles. The summed E-state index contributed by atoms with van der Waals surface area (Å²) in [6.45, 7) is 0.354. The monoisotopic (exact) mass is 305 g/mol. The molecule has 0 radical (unpaired) electrons. The number of rotatable bonds is 5. The van der Waals surface area contributed by atoms with Gasteiger partial charge >= 0.3 is 18.2 Å². The molecule has 1 aromatic rings. The average Bonchev–Trinajstić information content (AvgIpc) is 2.37. The largest absolute Gasteiger partial charge is 0.465 e. The van der Waals surface area contributed by atoms with Crippen LogP contribution in [0.5, 0.6) is 0 Å². The van der Waals surface area contributed by atoms with E-state index in [4.69, 9.17) is 10.5 Å². The molecular formula is C13H14F3NO4. The normalized spacial score (nSPS) is 12.6. The minimum absolute atomic E-state index is 0.132. The first kappa shape index (κ1) is 16.8. The van der Waals surface area contributed by atoms with E-state index in [-0.39, 0.29) is 12.2 Å². The Morgan fingerprint density at radius 1 is 1.19 bits per heavy atom. The van der Waals surface area contributed by atoms with Crippen LogP contribution in [0.2, 0.25) is 0 Å². The number of benzene rings is 1. The Hall–Kier alpha value is -2.25. The van der Waals surface area contributed by atoms with E-state index >= 15 is 0 Å². The van der Waals surface area contributed by atoms with Crippen molar-refractivity contribution in [3.05, 3.63) is 35.4 Å². The highest BCUT2D eigenvalue weighted by Gasteiger charge is 2.35. The summed E-state index contributed by atoms with van der Waals surface area (Å²) in [5.74, 6) is -1.61. The first-order chi connectivity index (χ1) is 9.71. The molecule has 1 rings (SSSR count). The topological polar surface area (TPSA) is 78.6 Å². The maximum Gasteiger partial charge on any atom is 0.416 e. The predicted molar refractivity (Wildman–Crippen MR) is 66.4 cm³/mol. The number of alkyl halides is 3. The summed E-state index contributed by atoms with van der Waals surface area (Å²) in [6.07, 6.45) is -5.69. The number of primary amides is 1. The fourth-order valence-electron chi connectivity index (χ4n) is 1.74. The predicted octanol–water partition coefficient (Wildman–Crippen LogP) is 2.45. The maximum atomic E-state index is 13.0. The zero-order valence-electron chi connectivity index (χ0n) is 11.1. The number of nitrogens with two attached hydrogens (primary N) is 1. The van der Waals surface area contributed by atoms with Crippen molar-refractivity contribution in [2.45, 2.75) is 19.0 Å². The third-order valence-corrected chi connectivity index (χ3v) is 2.62. The van der Waals surface area contributed by atoms with Crippen molar-refractivity contribution in [1.82, 2.24) is 0 Å². The number of hydrogen-bond acceptors (Lipinski definition) is 4. The molecule has 2 N–H and O–H groups in total. The summed E-state index contributed by atoms with van der Waals surface area (Å²) in [5, 5.41) is 0. The van der Waals surface area contributed by atoms with Crippen LogP contribution in [0.25, 0.3) is 0 Å². The van der Waals surface area contributed by atoms with Gasteiger partial charge in [0.25, 0.3) is 0 Å². The second-order valence-corrected chi connectivity index (χ2v) is 4.21. The molecule has 5 nitrogen and oxygen atoms in total. The van der Waals surface area contributed by atoms with Crippen LogP contribution in [0.4, 0.5) is 18.0 Å². The van der Waals surface area contributed by atoms with Gasteiger partial charge in [0.1, 0.15) is 13.2 Å². The van der Waals surface area contributed by atoms with Gasteiger partial charge in [-0.15, -0.1) is 0 Å². The van der Waals surface area contributed by atoms with Gasteiger partial charge < -0.3 is 15.2 Å². The van der Waals surface area contributed by atoms with Gasteiger partial charge in [0.15, 0.2) is 0 Å². The second kappa shape index (κ2) is 6.96. The average molecular weight is 305 g/mol. The summed E-state index contributed by atoms with van der Waals surface area (Å²) < 4.78 is 48.2. The molecule has 0 saturated heterocycles. The lowest BCUT2D eigenvalue weighted by atomic mass is 9.95. The van der Waals surface area contributed by atoms with Crippen molar-refractivity contribution in [2.75, 3.05) is 13.2 Å². The van der Waals surface area contributed by atoms with Gasteiger partial charge in [0.2, 0.25) is 0 Å². The molecule has 0 aromatic heterocycles. The number of halogens is 3. The van der Waals surface area contributed by atoms with E-state index in [1.165, 1.54) is 18.2 Å². The number of carbonyl (C=O) groups is 2. The van der Waals surface area contributed by atoms with Crippen molar-refractivity contribution in [1.29, 1.82) is 0 Å². The van der Waals surface area contributed by atoms with E-state index in [0.717, 1.165) is 13.0 Å². The highest BCUT2D eigenvalue weighted by Crippen LogP contribution is 2.35. The molecule has 116 valence electrons. The van der Waals surface area contributed by atoms with Gasteiger partial charge in [-0.25, -0.2) is 4.79 Å². The van der Waals surface area contributed by atoms with Crippen molar-refractivity contribution >= 4 is 12.1 Å². The Balaban J connectivity index is 3.06. The second-order valence-electron chi connectivity index (χ2n) is 4.21. The molecule has 8 heteroatoms. The molecule has 0 aliphatic heterocycles. The van der Waals surface area contributed by atoms with E-state index in [0.29, 0.717) is 0 Å². The van der Waals surface area contributed by atoms with Gasteiger partial charge in [0, 0.05) is 6.92 Å². The van der Waals surface area contributed by atoms with Crippen molar-refractivity contribution in [3.63, 3.8) is 0 Å². The molecule has 0 aliphatic carbocycles. The van der Waals surface area contributed by atoms with Crippen LogP contribution < -0.4 is 5.73 Å². The molecule has 0 aliphatic rings. The Bertz CT molecular complexity index is 498. The number of ether oxygens (including phenoxy) is 2. The fourth-order valence-corrected chi connectivity index (χ4v) is 1.74. The first-order valence-corrected chi connectivity index (χ1v) is 5.93. The number of hydrogen-bond donors (Lipinski definition) is 1. The fraction of sp³-hybridized carbons (Fsp3) is 0.385. The van der Waals surface area contributed by atoms with Crippen LogP contribution in [0.1, 0.15) is 24.0 Å². The molecule has 0 fully saturated rings. The van der Waals surface area contributed by atoms with Crippen LogP contribution in [-0.2, 0) is 20.4 Å². The molecule has 0 bridgehead atoms. The van der Waals surface area contributed by atoms with E-state index < -0.39 is 36.3 Å². The Kier molecular flexibility index (Phi) is 5.57. The minimum atomic E-state index is -4.57. The number of amides is 1. The molecule has 0 spiro atoms. The third-order valence-electron chi connectivity index (χ3n) is 2.62. The van der Waals surface area contributed by atoms with Crippen molar-refractivity contribution < 1.29 is 32.2 Å². The quantitative estimate of drug-likeness (QED) is 0.847. The summed E-state index contributed by atoms with van der Waals surface area (Å²) in [5.41, 5.74) is 3.80. The molecule has 1 atom stereocenters. The molecule has 21 heavy (non-hydrogen) atoms. The number of esters is 1. The van der Waals surface area contributed by atoms with Gasteiger partial charge in [-0.2, -0.15) is 13.2 Å². The van der Waals surface area contributed by atoms with Crippen molar-refractivity contribution in [3.8, 4) is 0 Å². The SMILES string of the molecule is CC(=O)OC[C@@H](COC(N)=O)c1ccccc1C(F)(F)F. The summed E-state index contributed by atoms with van der Waals surface area (Å²) in [6, 6.07) is 4.79. The molecule has 0 unspecified atom stereocenters. The summed E-state index contributed by atoms with van der Waals surface area (Å²) in [7, 11) is 0. The van der Waals surface area contributed by atoms with Crippen LogP contribution in [0.3, 0.4) is 0 Å². The van der Waals surface area contributed by atoms with Crippen LogP contribution >= 0.6 is 0 Å². The number of carbonyl (C=O) groups excluding carboxylic acids is 2. The minimum Gasteiger partial charge on any atom is -0.465 e. The summed E-state index contributed by atoms with van der Waals surface area (Å²) in [4.78, 5) is 21.4. The van der Waals surface area contributed by atoms with E-state index in [2.05, 4.69) is 4.74 Å². The molecular weight excluding hydrogens is 291 g/mol.